The van der Waals surface area contributed by atoms with E-state index in [1.54, 1.807) is 0 Å². The first-order chi connectivity index (χ1) is 6.72. The van der Waals surface area contributed by atoms with Gasteiger partial charge in [0.15, 0.2) is 0 Å². The zero-order chi connectivity index (χ0) is 10.4. The number of aliphatic hydroxyl groups excluding tert-OH is 1. The molecule has 0 spiro atoms. The van der Waals surface area contributed by atoms with E-state index in [0.29, 0.717) is 0 Å². The fourth-order valence-corrected chi connectivity index (χ4v) is 1.98. The first kappa shape index (κ1) is 11.9. The summed E-state index contributed by atoms with van der Waals surface area (Å²) >= 11 is 0. The molecule has 0 aromatic carbocycles. The first-order valence-electron chi connectivity index (χ1n) is 5.48. The van der Waals surface area contributed by atoms with E-state index in [0.717, 1.165) is 19.0 Å². The second-order valence-corrected chi connectivity index (χ2v) is 4.37. The summed E-state index contributed by atoms with van der Waals surface area (Å²) in [5, 5.41) is 12.1. The lowest BCUT2D eigenvalue weighted by atomic mass is 9.98. The number of piperidine rings is 1. The quantitative estimate of drug-likeness (QED) is 0.547. The molecule has 0 saturated carbocycles. The summed E-state index contributed by atoms with van der Waals surface area (Å²) in [5.41, 5.74) is 5.59. The Bertz CT molecular complexity index is 154. The fraction of sp³-hybridized carbons (Fsp3) is 1.00. The topological polar surface area (TPSA) is 61.5 Å². The highest BCUT2D eigenvalue weighted by atomic mass is 16.3. The Morgan fingerprint density at radius 3 is 3.07 bits per heavy atom. The number of nitrogens with one attached hydrogen (secondary N) is 1. The van der Waals surface area contributed by atoms with Gasteiger partial charge in [-0.3, -0.25) is 0 Å². The van der Waals surface area contributed by atoms with E-state index in [9.17, 15) is 0 Å². The molecular weight excluding hydrogens is 178 g/mol. The second kappa shape index (κ2) is 6.35. The molecule has 0 aromatic rings. The van der Waals surface area contributed by atoms with E-state index in [4.69, 9.17) is 10.8 Å². The molecule has 2 unspecified atom stereocenters. The zero-order valence-electron chi connectivity index (χ0n) is 9.08. The number of hydrogen-bond donors (Lipinski definition) is 3. The lowest BCUT2D eigenvalue weighted by Gasteiger charge is -2.30. The number of nitrogens with zero attached hydrogens (tertiary/aromatic N) is 1. The number of likely N-dealkylation sites (tertiary alicyclic amines) is 1. The largest absolute Gasteiger partial charge is 0.395 e. The Labute approximate surface area is 86.5 Å². The maximum Gasteiger partial charge on any atom is 0.0594 e. The molecule has 0 aliphatic carbocycles. The minimum atomic E-state index is -0.115. The molecule has 1 heterocycles. The highest BCUT2D eigenvalue weighted by molar-refractivity contribution is 4.73. The van der Waals surface area contributed by atoms with Crippen LogP contribution in [0.3, 0.4) is 0 Å². The first-order valence-corrected chi connectivity index (χ1v) is 5.48. The lowest BCUT2D eigenvalue weighted by molar-refractivity contribution is 0.203. The minimum Gasteiger partial charge on any atom is -0.395 e. The lowest BCUT2D eigenvalue weighted by Crippen LogP contribution is -2.42. The van der Waals surface area contributed by atoms with Crippen LogP contribution in [-0.4, -0.2) is 55.9 Å². The van der Waals surface area contributed by atoms with Crippen LogP contribution in [0.25, 0.3) is 0 Å². The van der Waals surface area contributed by atoms with Crippen molar-refractivity contribution >= 4 is 0 Å². The van der Waals surface area contributed by atoms with E-state index < -0.39 is 0 Å². The summed E-state index contributed by atoms with van der Waals surface area (Å²) < 4.78 is 0. The van der Waals surface area contributed by atoms with E-state index in [1.807, 2.05) is 0 Å². The Hall–Kier alpha value is -0.160. The Kier molecular flexibility index (Phi) is 5.40. The van der Waals surface area contributed by atoms with Gasteiger partial charge in [0.2, 0.25) is 0 Å². The smallest absolute Gasteiger partial charge is 0.0594 e. The number of nitrogens with two attached hydrogens (primary N) is 1. The van der Waals surface area contributed by atoms with E-state index in [2.05, 4.69) is 17.3 Å². The van der Waals surface area contributed by atoms with Gasteiger partial charge in [0.1, 0.15) is 0 Å². The van der Waals surface area contributed by atoms with Crippen LogP contribution in [0.15, 0.2) is 0 Å². The maximum atomic E-state index is 8.74. The molecule has 2 atom stereocenters. The Morgan fingerprint density at radius 1 is 1.64 bits per heavy atom. The van der Waals surface area contributed by atoms with Crippen LogP contribution >= 0.6 is 0 Å². The predicted molar refractivity (Wildman–Crippen MR) is 58.2 cm³/mol. The van der Waals surface area contributed by atoms with Crippen molar-refractivity contribution in [3.63, 3.8) is 0 Å². The summed E-state index contributed by atoms with van der Waals surface area (Å²) in [7, 11) is 2.17. The van der Waals surface area contributed by atoms with Crippen LogP contribution in [0.2, 0.25) is 0 Å². The van der Waals surface area contributed by atoms with E-state index in [1.165, 1.54) is 25.9 Å². The average Bonchev–Trinajstić information content (AvgIpc) is 2.17. The van der Waals surface area contributed by atoms with Crippen LogP contribution < -0.4 is 11.1 Å². The zero-order valence-corrected chi connectivity index (χ0v) is 9.08. The van der Waals surface area contributed by atoms with Gasteiger partial charge in [0.05, 0.1) is 6.61 Å². The van der Waals surface area contributed by atoms with Crippen LogP contribution in [0, 0.1) is 5.92 Å². The summed E-state index contributed by atoms with van der Waals surface area (Å²) in [4.78, 5) is 2.38. The van der Waals surface area contributed by atoms with Gasteiger partial charge < -0.3 is 21.1 Å². The summed E-state index contributed by atoms with van der Waals surface area (Å²) in [6.07, 6.45) is 2.61. The maximum absolute atomic E-state index is 8.74. The molecule has 4 N–H and O–H groups in total. The molecule has 14 heavy (non-hydrogen) atoms. The van der Waals surface area contributed by atoms with Gasteiger partial charge in [0, 0.05) is 19.1 Å². The summed E-state index contributed by atoms with van der Waals surface area (Å²) in [6, 6.07) is -0.115. The van der Waals surface area contributed by atoms with Crippen LogP contribution in [-0.2, 0) is 0 Å². The van der Waals surface area contributed by atoms with Gasteiger partial charge in [-0.15, -0.1) is 0 Å². The highest BCUT2D eigenvalue weighted by Crippen LogP contribution is 2.13. The summed E-state index contributed by atoms with van der Waals surface area (Å²) in [5.74, 6) is 0.750. The van der Waals surface area contributed by atoms with Crippen LogP contribution in [0.1, 0.15) is 12.8 Å². The predicted octanol–water partition coefficient (Wildman–Crippen LogP) is -0.763. The second-order valence-electron chi connectivity index (χ2n) is 4.37. The monoisotopic (exact) mass is 201 g/mol. The SMILES string of the molecule is CN1CCCC(CNCC(N)CO)C1. The van der Waals surface area contributed by atoms with Crippen molar-refractivity contribution in [3.8, 4) is 0 Å². The third kappa shape index (κ3) is 4.37. The van der Waals surface area contributed by atoms with Gasteiger partial charge in [0.25, 0.3) is 0 Å². The van der Waals surface area contributed by atoms with Crippen molar-refractivity contribution in [1.29, 1.82) is 0 Å². The molecule has 0 amide bonds. The molecule has 1 aliphatic rings. The molecule has 0 bridgehead atoms. The fourth-order valence-electron chi connectivity index (χ4n) is 1.98. The van der Waals surface area contributed by atoms with Gasteiger partial charge in [-0.1, -0.05) is 0 Å². The van der Waals surface area contributed by atoms with Crippen molar-refractivity contribution < 1.29 is 5.11 Å². The molecule has 4 heteroatoms. The molecule has 4 nitrogen and oxygen atoms in total. The molecular formula is C10H23N3O. The average molecular weight is 201 g/mol. The molecule has 0 radical (unpaired) electrons. The van der Waals surface area contributed by atoms with Crippen molar-refractivity contribution in [3.05, 3.63) is 0 Å². The van der Waals surface area contributed by atoms with Crippen molar-refractivity contribution in [1.82, 2.24) is 10.2 Å². The van der Waals surface area contributed by atoms with Crippen LogP contribution in [0.5, 0.6) is 0 Å². The van der Waals surface area contributed by atoms with Crippen molar-refractivity contribution in [2.45, 2.75) is 18.9 Å². The van der Waals surface area contributed by atoms with Gasteiger partial charge in [-0.25, -0.2) is 0 Å². The molecule has 1 aliphatic heterocycles. The summed E-state index contributed by atoms with van der Waals surface area (Å²) in [6.45, 7) is 4.22. The molecule has 84 valence electrons. The normalized spacial score (nSPS) is 26.4. The number of rotatable bonds is 5. The van der Waals surface area contributed by atoms with E-state index >= 15 is 0 Å². The third-order valence-corrected chi connectivity index (χ3v) is 2.80. The minimum absolute atomic E-state index is 0.0670. The molecule has 0 aromatic heterocycles. The van der Waals surface area contributed by atoms with Crippen molar-refractivity contribution in [2.75, 3.05) is 39.8 Å². The standard InChI is InChI=1S/C10H23N3O/c1-13-4-2-3-9(7-13)5-12-6-10(11)8-14/h9-10,12,14H,2-8,11H2,1H3. The Balaban J connectivity index is 2.05. The molecule has 1 rings (SSSR count). The van der Waals surface area contributed by atoms with Crippen LogP contribution in [0.4, 0.5) is 0 Å². The van der Waals surface area contributed by atoms with Gasteiger partial charge in [-0.2, -0.15) is 0 Å². The van der Waals surface area contributed by atoms with Gasteiger partial charge in [-0.05, 0) is 38.9 Å². The number of aliphatic hydroxyl groups is 1. The molecule has 1 saturated heterocycles. The van der Waals surface area contributed by atoms with E-state index in [-0.39, 0.29) is 12.6 Å². The highest BCUT2D eigenvalue weighted by Gasteiger charge is 2.16. The van der Waals surface area contributed by atoms with Crippen molar-refractivity contribution in [2.24, 2.45) is 11.7 Å². The third-order valence-electron chi connectivity index (χ3n) is 2.80. The molecule has 1 fully saturated rings. The number of hydrogen-bond acceptors (Lipinski definition) is 4. The Morgan fingerprint density at radius 2 is 2.43 bits per heavy atom. The van der Waals surface area contributed by atoms with Gasteiger partial charge >= 0.3 is 0 Å².